The first-order chi connectivity index (χ1) is 19.2. The largest absolute Gasteiger partial charge is 0.464 e. The highest BCUT2D eigenvalue weighted by Crippen LogP contribution is 2.40. The molecule has 0 bridgehead atoms. The molecule has 1 aliphatic rings. The number of esters is 2. The van der Waals surface area contributed by atoms with Gasteiger partial charge in [0.1, 0.15) is 5.76 Å². The number of ether oxygens (including phenoxy) is 2. The summed E-state index contributed by atoms with van der Waals surface area (Å²) in [6.07, 6.45) is 2.49. The number of aromatic nitrogens is 1. The number of oxazole rings is 1. The third kappa shape index (κ3) is 5.89. The number of hydrogen-bond acceptors (Lipinski definition) is 9. The van der Waals surface area contributed by atoms with E-state index in [-0.39, 0.29) is 41.5 Å². The Kier molecular flexibility index (Phi) is 9.24. The molecule has 12 heteroatoms. The van der Waals surface area contributed by atoms with Crippen LogP contribution in [-0.4, -0.2) is 46.4 Å². The third-order valence-corrected chi connectivity index (χ3v) is 7.33. The van der Waals surface area contributed by atoms with Crippen LogP contribution >= 0.6 is 35.4 Å². The molecule has 2 aromatic carbocycles. The smallest absolute Gasteiger partial charge is 0.360 e. The van der Waals surface area contributed by atoms with Gasteiger partial charge in [0.05, 0.1) is 23.7 Å². The molecule has 0 saturated heterocycles. The van der Waals surface area contributed by atoms with Crippen LogP contribution in [0.2, 0.25) is 10.0 Å². The van der Waals surface area contributed by atoms with Crippen LogP contribution in [-0.2, 0) is 25.5 Å². The molecule has 0 fully saturated rings. The van der Waals surface area contributed by atoms with E-state index < -0.39 is 29.3 Å². The van der Waals surface area contributed by atoms with Gasteiger partial charge in [0.2, 0.25) is 0 Å². The van der Waals surface area contributed by atoms with Gasteiger partial charge in [-0.15, -0.1) is 0 Å². The average Bonchev–Trinajstić information content (AvgIpc) is 3.54. The number of amides is 1. The van der Waals surface area contributed by atoms with Crippen molar-refractivity contribution in [3.8, 4) is 0 Å². The number of carbonyl (C=O) groups is 3. The molecule has 2 atom stereocenters. The van der Waals surface area contributed by atoms with Crippen molar-refractivity contribution in [2.75, 3.05) is 18.5 Å². The van der Waals surface area contributed by atoms with Crippen molar-refractivity contribution < 1.29 is 28.3 Å². The number of halogens is 2. The van der Waals surface area contributed by atoms with E-state index in [0.29, 0.717) is 21.3 Å². The van der Waals surface area contributed by atoms with E-state index in [4.69, 9.17) is 49.3 Å². The van der Waals surface area contributed by atoms with E-state index in [2.05, 4.69) is 15.6 Å². The Labute approximate surface area is 245 Å². The van der Waals surface area contributed by atoms with Crippen molar-refractivity contribution in [2.45, 2.75) is 31.7 Å². The van der Waals surface area contributed by atoms with E-state index >= 15 is 0 Å². The molecule has 0 spiro atoms. The molecule has 0 radical (unpaired) electrons. The first kappa shape index (κ1) is 29.3. The first-order valence-electron chi connectivity index (χ1n) is 12.3. The minimum atomic E-state index is -1.72. The Morgan fingerprint density at radius 3 is 2.27 bits per heavy atom. The zero-order valence-corrected chi connectivity index (χ0v) is 23.9. The van der Waals surface area contributed by atoms with Crippen molar-refractivity contribution in [3.63, 3.8) is 0 Å². The maximum absolute atomic E-state index is 13.8. The van der Waals surface area contributed by atoms with E-state index in [1.807, 2.05) is 0 Å². The van der Waals surface area contributed by atoms with Gasteiger partial charge in [0.15, 0.2) is 17.6 Å². The molecule has 4 rings (SSSR count). The molecule has 2 N–H and O–H groups in total. The van der Waals surface area contributed by atoms with Gasteiger partial charge in [-0.1, -0.05) is 47.6 Å². The summed E-state index contributed by atoms with van der Waals surface area (Å²) in [5.41, 5.74) is -0.574. The van der Waals surface area contributed by atoms with Crippen molar-refractivity contribution in [3.05, 3.63) is 93.8 Å². The van der Waals surface area contributed by atoms with E-state index in [1.54, 1.807) is 62.4 Å². The van der Waals surface area contributed by atoms with Crippen LogP contribution < -0.4 is 10.6 Å². The van der Waals surface area contributed by atoms with Crippen LogP contribution in [0.5, 0.6) is 0 Å². The minimum absolute atomic E-state index is 0.00886. The molecule has 3 aromatic rings. The Bertz CT molecular complexity index is 1460. The molecule has 1 amide bonds. The molecular weight excluding hydrogens is 577 g/mol. The summed E-state index contributed by atoms with van der Waals surface area (Å²) >= 11 is 17.9. The van der Waals surface area contributed by atoms with E-state index in [9.17, 15) is 14.4 Å². The molecule has 0 aliphatic carbocycles. The predicted octanol–water partition coefficient (Wildman–Crippen LogP) is 5.28. The van der Waals surface area contributed by atoms with Gasteiger partial charge in [-0.25, -0.2) is 14.6 Å². The normalized spacial score (nSPS) is 17.0. The molecule has 9 nitrogen and oxygen atoms in total. The van der Waals surface area contributed by atoms with Crippen molar-refractivity contribution in [1.82, 2.24) is 10.3 Å². The first-order valence-corrected chi connectivity index (χ1v) is 13.5. The maximum Gasteiger partial charge on any atom is 0.360 e. The van der Waals surface area contributed by atoms with Gasteiger partial charge in [-0.3, -0.25) is 4.79 Å². The fraction of sp³-hybridized carbons (Fsp3) is 0.250. The monoisotopic (exact) mass is 601 g/mol. The van der Waals surface area contributed by atoms with Gasteiger partial charge in [0.25, 0.3) is 5.91 Å². The van der Waals surface area contributed by atoms with Gasteiger partial charge in [-0.05, 0) is 55.8 Å². The quantitative estimate of drug-likeness (QED) is 0.236. The molecule has 1 aliphatic heterocycles. The van der Waals surface area contributed by atoms with Crippen molar-refractivity contribution >= 4 is 63.8 Å². The van der Waals surface area contributed by atoms with Crippen molar-refractivity contribution in [2.24, 2.45) is 0 Å². The number of anilines is 1. The molecule has 208 valence electrons. The summed E-state index contributed by atoms with van der Waals surface area (Å²) in [5.74, 6) is -2.56. The van der Waals surface area contributed by atoms with Gasteiger partial charge in [-0.2, -0.15) is 0 Å². The lowest BCUT2D eigenvalue weighted by Crippen LogP contribution is -2.58. The minimum Gasteiger partial charge on any atom is -0.464 e. The van der Waals surface area contributed by atoms with Gasteiger partial charge < -0.3 is 24.5 Å². The molecule has 0 saturated carbocycles. The lowest BCUT2D eigenvalue weighted by molar-refractivity contribution is -0.148. The fourth-order valence-electron chi connectivity index (χ4n) is 4.41. The second-order valence-corrected chi connectivity index (χ2v) is 9.95. The number of hydrogen-bond donors (Lipinski definition) is 2. The number of nitrogens with one attached hydrogen (secondary N) is 2. The Morgan fingerprint density at radius 2 is 1.65 bits per heavy atom. The zero-order chi connectivity index (χ0) is 28.9. The summed E-state index contributed by atoms with van der Waals surface area (Å²) in [5, 5.41) is 6.81. The van der Waals surface area contributed by atoms with Gasteiger partial charge in [0, 0.05) is 34.3 Å². The van der Waals surface area contributed by atoms with Crippen LogP contribution in [0.1, 0.15) is 41.6 Å². The Balaban J connectivity index is 1.77. The molecular formula is C28H25Cl2N3O6S. The van der Waals surface area contributed by atoms with Crippen LogP contribution in [0.25, 0.3) is 0 Å². The predicted molar refractivity (Wildman–Crippen MR) is 154 cm³/mol. The summed E-state index contributed by atoms with van der Waals surface area (Å²) < 4.78 is 16.2. The number of carbonyl (C=O) groups excluding carboxylic acids is 3. The molecule has 2 heterocycles. The average molecular weight is 602 g/mol. The summed E-state index contributed by atoms with van der Waals surface area (Å²) in [6, 6.07) is 13.3. The van der Waals surface area contributed by atoms with Crippen LogP contribution in [0.15, 0.2) is 71.1 Å². The standard InChI is InChI=1S/C28H25Cl2N3O6S/c1-3-37-26(35)23-22(39-15-31-23)13-21(16-5-7-17(29)8-6-16)28(27(36)38-4-2)24(40)20(14-32-28)25(34)33-19-11-9-18(30)10-12-19/h5-12,14-15,21,32H,3-4,13H2,1-2H3,(H,33,34)/t21-,28+/m0/s1. The molecule has 0 unspecified atom stereocenters. The van der Waals surface area contributed by atoms with Crippen LogP contribution in [0.3, 0.4) is 0 Å². The Morgan fingerprint density at radius 1 is 1.02 bits per heavy atom. The maximum atomic E-state index is 13.8. The zero-order valence-electron chi connectivity index (χ0n) is 21.5. The number of thiocarbonyl (C=S) groups is 1. The summed E-state index contributed by atoms with van der Waals surface area (Å²) in [4.78, 5) is 43.7. The number of benzene rings is 2. The fourth-order valence-corrected chi connectivity index (χ4v) is 5.10. The number of nitrogens with zero attached hydrogens (tertiary/aromatic N) is 1. The Hall–Kier alpha value is -3.73. The highest BCUT2D eigenvalue weighted by atomic mass is 35.5. The van der Waals surface area contributed by atoms with Gasteiger partial charge >= 0.3 is 11.9 Å². The van der Waals surface area contributed by atoms with Crippen molar-refractivity contribution in [1.29, 1.82) is 0 Å². The SMILES string of the molecule is CCOC(=O)c1ncoc1C[C@@H](c1ccc(Cl)cc1)[C@@]1(C(=O)OCC)NC=C(C(=O)Nc2ccc(Cl)cc2)C1=S. The highest BCUT2D eigenvalue weighted by Gasteiger charge is 2.56. The lowest BCUT2D eigenvalue weighted by atomic mass is 9.74. The molecule has 40 heavy (non-hydrogen) atoms. The lowest BCUT2D eigenvalue weighted by Gasteiger charge is -2.36. The highest BCUT2D eigenvalue weighted by molar-refractivity contribution is 7.81. The van der Waals surface area contributed by atoms with Crippen LogP contribution in [0.4, 0.5) is 5.69 Å². The third-order valence-electron chi connectivity index (χ3n) is 6.29. The summed E-state index contributed by atoms with van der Waals surface area (Å²) in [7, 11) is 0. The topological polar surface area (TPSA) is 120 Å². The second-order valence-electron chi connectivity index (χ2n) is 8.67. The summed E-state index contributed by atoms with van der Waals surface area (Å²) in [6.45, 7) is 3.53. The second kappa shape index (κ2) is 12.6. The van der Waals surface area contributed by atoms with Crippen LogP contribution in [0, 0.1) is 0 Å². The number of rotatable bonds is 10. The van der Waals surface area contributed by atoms with E-state index in [1.165, 1.54) is 6.20 Å². The molecule has 1 aromatic heterocycles. The van der Waals surface area contributed by atoms with E-state index in [0.717, 1.165) is 6.39 Å².